The molecule has 0 saturated carbocycles. The van der Waals surface area contributed by atoms with Gasteiger partial charge in [-0.05, 0) is 23.8 Å². The smallest absolute Gasteiger partial charge is 0.180 e. The minimum atomic E-state index is 0.509. The van der Waals surface area contributed by atoms with Crippen molar-refractivity contribution in [3.05, 3.63) is 71.7 Å². The maximum Gasteiger partial charge on any atom is 0.180 e. The van der Waals surface area contributed by atoms with Crippen molar-refractivity contribution in [2.24, 2.45) is 0 Å². The molecule has 0 bridgehead atoms. The maximum atomic E-state index is 6.28. The van der Waals surface area contributed by atoms with Crippen molar-refractivity contribution >= 4 is 11.6 Å². The molecule has 0 N–H and O–H groups in total. The van der Waals surface area contributed by atoms with E-state index in [1.165, 1.54) is 6.26 Å². The molecule has 0 atom stereocenters. The van der Waals surface area contributed by atoms with Gasteiger partial charge >= 0.3 is 0 Å². The van der Waals surface area contributed by atoms with E-state index in [2.05, 4.69) is 20.2 Å². The van der Waals surface area contributed by atoms with Crippen molar-refractivity contribution in [1.82, 2.24) is 24.9 Å². The monoisotopic (exact) mass is 337 g/mol. The van der Waals surface area contributed by atoms with Crippen molar-refractivity contribution < 1.29 is 4.52 Å². The standard InChI is InChI=1S/C17H12ClN5O/c18-13-5-2-1-4-12(13)11-23-16(14-6-9-24-22-14)10-15(21-23)17-19-7-3-8-20-17/h1-10H,11H2. The molecule has 3 aromatic heterocycles. The number of hydrogen-bond donors (Lipinski definition) is 0. The maximum absolute atomic E-state index is 6.28. The number of rotatable bonds is 4. The fourth-order valence-electron chi connectivity index (χ4n) is 2.42. The highest BCUT2D eigenvalue weighted by molar-refractivity contribution is 6.31. The fraction of sp³-hybridized carbons (Fsp3) is 0.0588. The first-order valence-corrected chi connectivity index (χ1v) is 7.68. The van der Waals surface area contributed by atoms with Gasteiger partial charge in [0.1, 0.15) is 17.7 Å². The van der Waals surface area contributed by atoms with E-state index in [1.54, 1.807) is 24.5 Å². The van der Waals surface area contributed by atoms with Gasteiger partial charge in [-0.2, -0.15) is 5.10 Å². The van der Waals surface area contributed by atoms with Crippen LogP contribution in [0.15, 0.2) is 65.6 Å². The Kier molecular flexibility index (Phi) is 3.80. The number of nitrogens with zero attached hydrogens (tertiary/aromatic N) is 5. The normalized spacial score (nSPS) is 10.9. The lowest BCUT2D eigenvalue weighted by molar-refractivity contribution is 0.421. The summed E-state index contributed by atoms with van der Waals surface area (Å²) in [7, 11) is 0. The Morgan fingerprint density at radius 3 is 2.58 bits per heavy atom. The molecule has 6 nitrogen and oxygen atoms in total. The van der Waals surface area contributed by atoms with Gasteiger partial charge in [-0.3, -0.25) is 4.68 Å². The van der Waals surface area contributed by atoms with Gasteiger partial charge in [0.15, 0.2) is 5.82 Å². The van der Waals surface area contributed by atoms with Crippen LogP contribution in [0.25, 0.3) is 22.9 Å². The molecule has 0 fully saturated rings. The van der Waals surface area contributed by atoms with Crippen LogP contribution in [0.1, 0.15) is 5.56 Å². The molecule has 0 amide bonds. The summed E-state index contributed by atoms with van der Waals surface area (Å²) in [5.41, 5.74) is 3.14. The zero-order valence-electron chi connectivity index (χ0n) is 12.5. The van der Waals surface area contributed by atoms with E-state index in [1.807, 2.05) is 35.0 Å². The van der Waals surface area contributed by atoms with Crippen molar-refractivity contribution in [1.29, 1.82) is 0 Å². The average molecular weight is 338 g/mol. The van der Waals surface area contributed by atoms with E-state index in [9.17, 15) is 0 Å². The highest BCUT2D eigenvalue weighted by Crippen LogP contribution is 2.25. The summed E-state index contributed by atoms with van der Waals surface area (Å²) >= 11 is 6.28. The molecule has 0 aliphatic heterocycles. The number of aromatic nitrogens is 5. The van der Waals surface area contributed by atoms with Gasteiger partial charge in [0.05, 0.1) is 12.2 Å². The second-order valence-corrected chi connectivity index (χ2v) is 5.53. The van der Waals surface area contributed by atoms with E-state index in [-0.39, 0.29) is 0 Å². The number of benzene rings is 1. The Balaban J connectivity index is 1.80. The minimum Gasteiger partial charge on any atom is -0.364 e. The molecular weight excluding hydrogens is 326 g/mol. The quantitative estimate of drug-likeness (QED) is 0.568. The SMILES string of the molecule is Clc1ccccc1Cn1nc(-c2ncccn2)cc1-c1ccon1. The summed E-state index contributed by atoms with van der Waals surface area (Å²) in [5.74, 6) is 0.556. The summed E-state index contributed by atoms with van der Waals surface area (Å²) < 4.78 is 6.79. The molecule has 4 aromatic rings. The fourth-order valence-corrected chi connectivity index (χ4v) is 2.61. The zero-order chi connectivity index (χ0) is 16.4. The summed E-state index contributed by atoms with van der Waals surface area (Å²) in [6.45, 7) is 0.509. The third-order valence-electron chi connectivity index (χ3n) is 3.55. The lowest BCUT2D eigenvalue weighted by Crippen LogP contribution is -2.04. The Labute approximate surface area is 142 Å². The molecule has 0 radical (unpaired) electrons. The number of hydrogen-bond acceptors (Lipinski definition) is 5. The van der Waals surface area contributed by atoms with E-state index in [0.717, 1.165) is 11.3 Å². The van der Waals surface area contributed by atoms with Crippen molar-refractivity contribution in [3.8, 4) is 22.9 Å². The third kappa shape index (κ3) is 2.79. The molecule has 0 unspecified atom stereocenters. The Morgan fingerprint density at radius 1 is 1.00 bits per heavy atom. The molecule has 0 spiro atoms. The number of halogens is 1. The van der Waals surface area contributed by atoms with Crippen LogP contribution in [-0.4, -0.2) is 24.9 Å². The van der Waals surface area contributed by atoms with E-state index >= 15 is 0 Å². The second-order valence-electron chi connectivity index (χ2n) is 5.12. The van der Waals surface area contributed by atoms with E-state index < -0.39 is 0 Å². The lowest BCUT2D eigenvalue weighted by Gasteiger charge is -2.07. The van der Waals surface area contributed by atoms with Crippen molar-refractivity contribution in [2.75, 3.05) is 0 Å². The first kappa shape index (κ1) is 14.6. The van der Waals surface area contributed by atoms with Crippen LogP contribution in [0.5, 0.6) is 0 Å². The molecule has 0 aliphatic carbocycles. The van der Waals surface area contributed by atoms with Crippen LogP contribution < -0.4 is 0 Å². The van der Waals surface area contributed by atoms with Crippen molar-refractivity contribution in [2.45, 2.75) is 6.54 Å². The molecule has 1 aromatic carbocycles. The van der Waals surface area contributed by atoms with E-state index in [4.69, 9.17) is 16.1 Å². The van der Waals surface area contributed by atoms with Crippen molar-refractivity contribution in [3.63, 3.8) is 0 Å². The topological polar surface area (TPSA) is 69.6 Å². The first-order valence-electron chi connectivity index (χ1n) is 7.30. The summed E-state index contributed by atoms with van der Waals surface area (Å²) in [5, 5.41) is 9.32. The van der Waals surface area contributed by atoms with Crippen LogP contribution in [0, 0.1) is 0 Å². The lowest BCUT2D eigenvalue weighted by atomic mass is 10.2. The average Bonchev–Trinajstić information content (AvgIpc) is 3.27. The summed E-state index contributed by atoms with van der Waals surface area (Å²) in [6.07, 6.45) is 4.90. The highest BCUT2D eigenvalue weighted by Gasteiger charge is 2.16. The highest BCUT2D eigenvalue weighted by atomic mass is 35.5. The minimum absolute atomic E-state index is 0.509. The molecule has 4 rings (SSSR count). The Bertz CT molecular complexity index is 950. The first-order chi connectivity index (χ1) is 11.8. The summed E-state index contributed by atoms with van der Waals surface area (Å²) in [4.78, 5) is 8.50. The molecular formula is C17H12ClN5O. The Hall–Kier alpha value is -2.99. The van der Waals surface area contributed by atoms with Crippen LogP contribution in [0.2, 0.25) is 5.02 Å². The predicted molar refractivity (Wildman–Crippen MR) is 89.3 cm³/mol. The van der Waals surface area contributed by atoms with E-state index in [0.29, 0.717) is 28.8 Å². The zero-order valence-corrected chi connectivity index (χ0v) is 13.3. The largest absolute Gasteiger partial charge is 0.364 e. The molecule has 118 valence electrons. The van der Waals surface area contributed by atoms with Crippen LogP contribution in [0.4, 0.5) is 0 Å². The molecule has 3 heterocycles. The van der Waals surface area contributed by atoms with Gasteiger partial charge in [0.2, 0.25) is 0 Å². The molecule has 0 aliphatic rings. The van der Waals surface area contributed by atoms with Crippen LogP contribution in [0.3, 0.4) is 0 Å². The van der Waals surface area contributed by atoms with Gasteiger partial charge in [-0.1, -0.05) is 35.0 Å². The van der Waals surface area contributed by atoms with Crippen LogP contribution in [-0.2, 0) is 6.54 Å². The Morgan fingerprint density at radius 2 is 1.83 bits per heavy atom. The summed E-state index contributed by atoms with van der Waals surface area (Å²) in [6, 6.07) is 13.1. The molecule has 0 saturated heterocycles. The van der Waals surface area contributed by atoms with Gasteiger partial charge in [-0.15, -0.1) is 0 Å². The predicted octanol–water partition coefficient (Wildman–Crippen LogP) is 3.70. The van der Waals surface area contributed by atoms with Gasteiger partial charge in [-0.25, -0.2) is 9.97 Å². The van der Waals surface area contributed by atoms with Gasteiger partial charge in [0, 0.05) is 23.5 Å². The van der Waals surface area contributed by atoms with Gasteiger partial charge < -0.3 is 4.52 Å². The van der Waals surface area contributed by atoms with Gasteiger partial charge in [0.25, 0.3) is 0 Å². The molecule has 24 heavy (non-hydrogen) atoms. The second kappa shape index (κ2) is 6.25. The van der Waals surface area contributed by atoms with Crippen LogP contribution >= 0.6 is 11.6 Å². The third-order valence-corrected chi connectivity index (χ3v) is 3.92. The molecule has 7 heteroatoms.